The third-order valence-corrected chi connectivity index (χ3v) is 5.60. The molecule has 0 amide bonds. The molecule has 2 heterocycles. The molecule has 1 atom stereocenters. The Labute approximate surface area is 176 Å². The lowest BCUT2D eigenvalue weighted by Crippen LogP contribution is -2.17. The van der Waals surface area contributed by atoms with E-state index < -0.39 is 5.97 Å². The molecule has 2 aromatic heterocycles. The van der Waals surface area contributed by atoms with Crippen LogP contribution in [0, 0.1) is 27.7 Å². The fourth-order valence-electron chi connectivity index (χ4n) is 3.96. The number of hydrogen-bond donors (Lipinski definition) is 0. The van der Waals surface area contributed by atoms with Crippen LogP contribution in [0.3, 0.4) is 0 Å². The number of aromatic nitrogens is 1. The van der Waals surface area contributed by atoms with Crippen LogP contribution in [-0.4, -0.2) is 36.6 Å². The topological polar surface area (TPSA) is 70.7 Å². The van der Waals surface area contributed by atoms with Crippen LogP contribution in [0.25, 0.3) is 11.0 Å². The van der Waals surface area contributed by atoms with Gasteiger partial charge in [-0.3, -0.25) is 9.59 Å². The van der Waals surface area contributed by atoms with Gasteiger partial charge in [-0.25, -0.2) is 0 Å². The third kappa shape index (κ3) is 4.33. The minimum Gasteiger partial charge on any atom is -0.464 e. The highest BCUT2D eigenvalue weighted by Crippen LogP contribution is 2.25. The van der Waals surface area contributed by atoms with E-state index in [4.69, 9.17) is 13.9 Å². The average Bonchev–Trinajstić information content (AvgIpc) is 3.20. The second-order valence-electron chi connectivity index (χ2n) is 7.91. The van der Waals surface area contributed by atoms with Gasteiger partial charge in [-0.2, -0.15) is 0 Å². The number of ketones is 1. The smallest absolute Gasteiger partial charge is 0.310 e. The van der Waals surface area contributed by atoms with E-state index >= 15 is 0 Å². The van der Waals surface area contributed by atoms with Gasteiger partial charge in [0, 0.05) is 35.0 Å². The number of rotatable bonds is 8. The molecule has 0 saturated heterocycles. The molecule has 1 aromatic carbocycles. The van der Waals surface area contributed by atoms with Gasteiger partial charge in [0.05, 0.1) is 25.3 Å². The summed E-state index contributed by atoms with van der Waals surface area (Å²) in [5.41, 5.74) is 6.17. The van der Waals surface area contributed by atoms with E-state index in [0.29, 0.717) is 12.2 Å². The molecule has 0 unspecified atom stereocenters. The highest BCUT2D eigenvalue weighted by Gasteiger charge is 2.20. The minimum absolute atomic E-state index is 0.0622. The van der Waals surface area contributed by atoms with E-state index in [9.17, 15) is 9.59 Å². The number of benzene rings is 1. The summed E-state index contributed by atoms with van der Waals surface area (Å²) in [6.45, 7) is 10.2. The predicted molar refractivity (Wildman–Crippen MR) is 115 cm³/mol. The molecular weight excluding hydrogens is 382 g/mol. The van der Waals surface area contributed by atoms with Gasteiger partial charge in [-0.1, -0.05) is 0 Å². The molecule has 0 radical (unpaired) electrons. The summed E-state index contributed by atoms with van der Waals surface area (Å²) in [6.07, 6.45) is 1.64. The van der Waals surface area contributed by atoms with Crippen molar-refractivity contribution in [2.75, 3.05) is 20.3 Å². The van der Waals surface area contributed by atoms with Crippen LogP contribution in [0.4, 0.5) is 0 Å². The first kappa shape index (κ1) is 21.8. The van der Waals surface area contributed by atoms with Crippen molar-refractivity contribution in [3.8, 4) is 0 Å². The van der Waals surface area contributed by atoms with Crippen molar-refractivity contribution >= 4 is 22.7 Å². The number of aryl methyl sites for hydroxylation is 3. The molecule has 3 rings (SSSR count). The van der Waals surface area contributed by atoms with Crippen molar-refractivity contribution in [1.29, 1.82) is 0 Å². The van der Waals surface area contributed by atoms with E-state index in [1.165, 1.54) is 0 Å². The number of methoxy groups -OCH3 is 1. The van der Waals surface area contributed by atoms with Gasteiger partial charge in [0.1, 0.15) is 5.58 Å². The summed E-state index contributed by atoms with van der Waals surface area (Å²) in [5.74, 6) is -0.665. The lowest BCUT2D eigenvalue weighted by molar-refractivity contribution is -0.141. The van der Waals surface area contributed by atoms with Gasteiger partial charge in [0.15, 0.2) is 6.61 Å². The quantitative estimate of drug-likeness (QED) is 0.399. The van der Waals surface area contributed by atoms with E-state index in [2.05, 4.69) is 4.57 Å². The Balaban J connectivity index is 1.66. The van der Waals surface area contributed by atoms with Gasteiger partial charge in [0.25, 0.3) is 0 Å². The molecule has 3 aromatic rings. The van der Waals surface area contributed by atoms with Crippen molar-refractivity contribution in [2.45, 2.75) is 47.1 Å². The summed E-state index contributed by atoms with van der Waals surface area (Å²) < 4.78 is 18.1. The Morgan fingerprint density at radius 2 is 1.80 bits per heavy atom. The average molecular weight is 411 g/mol. The van der Waals surface area contributed by atoms with Crippen LogP contribution in [-0.2, 0) is 20.7 Å². The SMILES string of the molecule is COC[C@H](C)n1c(C)cc(C(=O)COC(=O)Cc2coc3cc(C)c(C)cc23)c1C. The number of carbonyl (C=O) groups is 2. The number of fused-ring (bicyclic) bond motifs is 1. The number of Topliss-reactive ketones (excluding diaryl/α,β-unsaturated/α-hetero) is 1. The molecule has 0 aliphatic heterocycles. The van der Waals surface area contributed by atoms with Crippen molar-refractivity contribution in [2.24, 2.45) is 0 Å². The molecular formula is C24H29NO5. The van der Waals surface area contributed by atoms with Crippen LogP contribution in [0.2, 0.25) is 0 Å². The highest BCUT2D eigenvalue weighted by molar-refractivity contribution is 5.99. The van der Waals surface area contributed by atoms with E-state index in [1.807, 2.05) is 52.8 Å². The maximum atomic E-state index is 12.7. The Morgan fingerprint density at radius 3 is 2.50 bits per heavy atom. The van der Waals surface area contributed by atoms with Crippen molar-refractivity contribution < 1.29 is 23.5 Å². The Hall–Kier alpha value is -2.86. The third-order valence-electron chi connectivity index (χ3n) is 5.60. The van der Waals surface area contributed by atoms with E-state index in [-0.39, 0.29) is 24.9 Å². The number of carbonyl (C=O) groups excluding carboxylic acids is 2. The molecule has 6 heteroatoms. The highest BCUT2D eigenvalue weighted by atomic mass is 16.5. The van der Waals surface area contributed by atoms with E-state index in [0.717, 1.165) is 39.0 Å². The number of ether oxygens (including phenoxy) is 2. The maximum Gasteiger partial charge on any atom is 0.310 e. The van der Waals surface area contributed by atoms with Crippen molar-refractivity contribution in [3.63, 3.8) is 0 Å². The summed E-state index contributed by atoms with van der Waals surface area (Å²) in [7, 11) is 1.65. The number of esters is 1. The fourth-order valence-corrected chi connectivity index (χ4v) is 3.96. The molecule has 0 aliphatic rings. The standard InChI is InChI=1S/C24H29NO5/c1-14-7-21-19(12-29-23(21)8-15(14)2)10-24(27)30-13-22(26)20-9-16(3)25(18(20)5)17(4)11-28-6/h7-9,12,17H,10-11,13H2,1-6H3/t17-/m0/s1. The number of nitrogens with zero attached hydrogens (tertiary/aromatic N) is 1. The van der Waals surface area contributed by atoms with Gasteiger partial charge in [-0.05, 0) is 63.9 Å². The van der Waals surface area contributed by atoms with Crippen LogP contribution in [0.5, 0.6) is 0 Å². The maximum absolute atomic E-state index is 12.7. The lowest BCUT2D eigenvalue weighted by atomic mass is 10.0. The van der Waals surface area contributed by atoms with Crippen molar-refractivity contribution in [1.82, 2.24) is 4.57 Å². The number of hydrogen-bond acceptors (Lipinski definition) is 5. The monoisotopic (exact) mass is 411 g/mol. The second kappa shape index (κ2) is 8.88. The number of furan rings is 1. The molecule has 160 valence electrons. The van der Waals surface area contributed by atoms with E-state index in [1.54, 1.807) is 13.4 Å². The lowest BCUT2D eigenvalue weighted by Gasteiger charge is -2.17. The first-order chi connectivity index (χ1) is 14.2. The summed E-state index contributed by atoms with van der Waals surface area (Å²) in [4.78, 5) is 25.0. The summed E-state index contributed by atoms with van der Waals surface area (Å²) in [6, 6.07) is 5.92. The summed E-state index contributed by atoms with van der Waals surface area (Å²) >= 11 is 0. The zero-order valence-electron chi connectivity index (χ0n) is 18.5. The molecule has 0 N–H and O–H groups in total. The molecule has 0 fully saturated rings. The predicted octanol–water partition coefficient (Wildman–Crippen LogP) is 4.64. The zero-order chi connectivity index (χ0) is 22.0. The molecule has 0 saturated carbocycles. The molecule has 0 spiro atoms. The molecule has 0 bridgehead atoms. The van der Waals surface area contributed by atoms with Crippen LogP contribution < -0.4 is 0 Å². The zero-order valence-corrected chi connectivity index (χ0v) is 18.5. The van der Waals surface area contributed by atoms with Crippen LogP contribution >= 0.6 is 0 Å². The summed E-state index contributed by atoms with van der Waals surface area (Å²) in [5, 5.41) is 0.900. The van der Waals surface area contributed by atoms with Crippen LogP contribution in [0.1, 0.15) is 51.4 Å². The minimum atomic E-state index is -0.453. The van der Waals surface area contributed by atoms with Gasteiger partial charge >= 0.3 is 5.97 Å². The van der Waals surface area contributed by atoms with Gasteiger partial charge < -0.3 is 18.5 Å². The first-order valence-corrected chi connectivity index (χ1v) is 10.1. The van der Waals surface area contributed by atoms with Crippen molar-refractivity contribution in [3.05, 3.63) is 58.1 Å². The normalized spacial score (nSPS) is 12.3. The molecule has 30 heavy (non-hydrogen) atoms. The Morgan fingerprint density at radius 1 is 1.10 bits per heavy atom. The Kier molecular flexibility index (Phi) is 6.46. The first-order valence-electron chi connectivity index (χ1n) is 10.1. The fraction of sp³-hybridized carbons (Fsp3) is 0.417. The Bertz CT molecular complexity index is 1090. The second-order valence-corrected chi connectivity index (χ2v) is 7.91. The van der Waals surface area contributed by atoms with Gasteiger partial charge in [0.2, 0.25) is 5.78 Å². The van der Waals surface area contributed by atoms with Crippen LogP contribution in [0.15, 0.2) is 28.9 Å². The largest absolute Gasteiger partial charge is 0.464 e. The molecule has 0 aliphatic carbocycles. The van der Waals surface area contributed by atoms with Gasteiger partial charge in [-0.15, -0.1) is 0 Å². The molecule has 6 nitrogen and oxygen atoms in total.